The molecule has 28 heavy (non-hydrogen) atoms. The summed E-state index contributed by atoms with van der Waals surface area (Å²) in [7, 11) is -3.48. The van der Waals surface area contributed by atoms with E-state index in [2.05, 4.69) is 19.2 Å². The van der Waals surface area contributed by atoms with Crippen molar-refractivity contribution in [1.29, 1.82) is 0 Å². The van der Waals surface area contributed by atoms with Crippen molar-refractivity contribution in [3.8, 4) is 5.75 Å². The molecule has 0 saturated heterocycles. The molecule has 0 spiro atoms. The summed E-state index contributed by atoms with van der Waals surface area (Å²) in [4.78, 5) is 12.9. The fourth-order valence-corrected chi connectivity index (χ4v) is 4.28. The molecule has 3 rings (SSSR count). The number of anilines is 2. The van der Waals surface area contributed by atoms with Gasteiger partial charge in [-0.3, -0.25) is 9.10 Å². The molecule has 0 bridgehead atoms. The van der Waals surface area contributed by atoms with Crippen LogP contribution in [0, 0.1) is 6.92 Å². The Kier molecular flexibility index (Phi) is 5.65. The first-order chi connectivity index (χ1) is 13.2. The molecule has 1 amide bonds. The predicted molar refractivity (Wildman–Crippen MR) is 112 cm³/mol. The molecule has 7 heteroatoms. The van der Waals surface area contributed by atoms with E-state index in [4.69, 9.17) is 4.74 Å². The molecule has 1 heterocycles. The molecule has 0 aliphatic carbocycles. The van der Waals surface area contributed by atoms with Crippen LogP contribution in [0.4, 0.5) is 11.4 Å². The second-order valence-electron chi connectivity index (χ2n) is 7.43. The third-order valence-electron chi connectivity index (χ3n) is 4.78. The summed E-state index contributed by atoms with van der Waals surface area (Å²) >= 11 is 0. The third kappa shape index (κ3) is 4.30. The van der Waals surface area contributed by atoms with E-state index in [0.717, 1.165) is 16.8 Å². The Bertz CT molecular complexity index is 986. The number of carbonyl (C=O) groups is 1. The summed E-state index contributed by atoms with van der Waals surface area (Å²) in [6.07, 6.45) is 0.642. The van der Waals surface area contributed by atoms with E-state index in [1.165, 1.54) is 10.6 Å². The molecule has 0 saturated carbocycles. The monoisotopic (exact) mass is 402 g/mol. The van der Waals surface area contributed by atoms with Crippen molar-refractivity contribution in [2.45, 2.75) is 39.2 Å². The number of nitrogens with one attached hydrogen (secondary N) is 1. The van der Waals surface area contributed by atoms with Gasteiger partial charge in [0, 0.05) is 18.7 Å². The van der Waals surface area contributed by atoms with Gasteiger partial charge in [0.15, 0.2) is 6.10 Å². The smallest absolute Gasteiger partial charge is 0.265 e. The zero-order valence-corrected chi connectivity index (χ0v) is 17.4. The molecule has 2 aromatic carbocycles. The van der Waals surface area contributed by atoms with Crippen LogP contribution < -0.4 is 14.4 Å². The average molecular weight is 403 g/mol. The van der Waals surface area contributed by atoms with Crippen LogP contribution in [0.3, 0.4) is 0 Å². The number of rotatable bonds is 4. The second-order valence-corrected chi connectivity index (χ2v) is 9.34. The van der Waals surface area contributed by atoms with Crippen LogP contribution in [-0.4, -0.2) is 33.2 Å². The van der Waals surface area contributed by atoms with Gasteiger partial charge in [0.05, 0.1) is 11.9 Å². The van der Waals surface area contributed by atoms with Crippen molar-refractivity contribution in [3.05, 3.63) is 53.6 Å². The molecule has 1 atom stereocenters. The zero-order chi connectivity index (χ0) is 20.5. The standard InChI is InChI=1S/C21H26N2O4S/c1-14(2)16-7-5-6-8-17(16)22-21(24)20-11-12-23(28(4,25)26)18-13-15(3)9-10-19(18)27-20/h5-10,13-14,20H,11-12H2,1-4H3,(H,22,24)/t20-/m1/s1. The summed E-state index contributed by atoms with van der Waals surface area (Å²) in [6.45, 7) is 6.20. The Morgan fingerprint density at radius 1 is 1.21 bits per heavy atom. The predicted octanol–water partition coefficient (Wildman–Crippen LogP) is 3.67. The van der Waals surface area contributed by atoms with Crippen LogP contribution in [0.1, 0.15) is 37.3 Å². The van der Waals surface area contributed by atoms with Crippen molar-refractivity contribution in [2.24, 2.45) is 0 Å². The van der Waals surface area contributed by atoms with Gasteiger partial charge in [-0.25, -0.2) is 8.42 Å². The molecular weight excluding hydrogens is 376 g/mol. The van der Waals surface area contributed by atoms with Gasteiger partial charge in [0.2, 0.25) is 10.0 Å². The highest BCUT2D eigenvalue weighted by molar-refractivity contribution is 7.92. The van der Waals surface area contributed by atoms with E-state index in [1.807, 2.05) is 37.3 Å². The van der Waals surface area contributed by atoms with Gasteiger partial charge in [-0.2, -0.15) is 0 Å². The molecule has 0 unspecified atom stereocenters. The quantitative estimate of drug-likeness (QED) is 0.847. The number of para-hydroxylation sites is 1. The lowest BCUT2D eigenvalue weighted by Gasteiger charge is -2.21. The highest BCUT2D eigenvalue weighted by Gasteiger charge is 2.31. The molecule has 150 valence electrons. The SMILES string of the molecule is Cc1ccc2c(c1)N(S(C)(=O)=O)CC[C@H](C(=O)Nc1ccccc1C(C)C)O2. The summed E-state index contributed by atoms with van der Waals surface area (Å²) in [5.41, 5.74) is 3.18. The zero-order valence-electron chi connectivity index (χ0n) is 16.6. The maximum atomic E-state index is 12.9. The summed E-state index contributed by atoms with van der Waals surface area (Å²) in [5.74, 6) is 0.372. The second kappa shape index (κ2) is 7.83. The first-order valence-electron chi connectivity index (χ1n) is 9.31. The average Bonchev–Trinajstić information content (AvgIpc) is 2.81. The van der Waals surface area contributed by atoms with Gasteiger partial charge in [-0.15, -0.1) is 0 Å². The largest absolute Gasteiger partial charge is 0.478 e. The van der Waals surface area contributed by atoms with Gasteiger partial charge in [0.25, 0.3) is 5.91 Å². The molecule has 0 aromatic heterocycles. The normalized spacial score (nSPS) is 16.9. The first-order valence-corrected chi connectivity index (χ1v) is 11.2. The van der Waals surface area contributed by atoms with Crippen LogP contribution in [0.15, 0.2) is 42.5 Å². The van der Waals surface area contributed by atoms with Crippen LogP contribution in [0.2, 0.25) is 0 Å². The number of aryl methyl sites for hydroxylation is 1. The lowest BCUT2D eigenvalue weighted by atomic mass is 10.0. The van der Waals surface area contributed by atoms with E-state index in [9.17, 15) is 13.2 Å². The summed E-state index contributed by atoms with van der Waals surface area (Å²) < 4.78 is 31.8. The molecule has 1 N–H and O–H groups in total. The Labute approximate surface area is 166 Å². The Hall–Kier alpha value is -2.54. The number of hydrogen-bond acceptors (Lipinski definition) is 4. The fourth-order valence-electron chi connectivity index (χ4n) is 3.35. The number of benzene rings is 2. The van der Waals surface area contributed by atoms with Crippen molar-refractivity contribution in [2.75, 3.05) is 22.4 Å². The van der Waals surface area contributed by atoms with Gasteiger partial charge in [-0.05, 0) is 42.2 Å². The molecule has 6 nitrogen and oxygen atoms in total. The molecule has 0 radical (unpaired) electrons. The third-order valence-corrected chi connectivity index (χ3v) is 5.96. The molecular formula is C21H26N2O4S. The maximum absolute atomic E-state index is 12.9. The van der Waals surface area contributed by atoms with Gasteiger partial charge >= 0.3 is 0 Å². The minimum absolute atomic E-state index is 0.180. The Morgan fingerprint density at radius 2 is 1.93 bits per heavy atom. The van der Waals surface area contributed by atoms with E-state index in [1.54, 1.807) is 12.1 Å². The fraction of sp³-hybridized carbons (Fsp3) is 0.381. The van der Waals surface area contributed by atoms with Crippen molar-refractivity contribution < 1.29 is 17.9 Å². The Balaban J connectivity index is 1.89. The van der Waals surface area contributed by atoms with E-state index in [-0.39, 0.29) is 24.8 Å². The molecule has 1 aliphatic heterocycles. The number of hydrogen-bond donors (Lipinski definition) is 1. The van der Waals surface area contributed by atoms with Crippen molar-refractivity contribution >= 4 is 27.3 Å². The summed E-state index contributed by atoms with van der Waals surface area (Å²) in [5, 5.41) is 2.95. The van der Waals surface area contributed by atoms with Crippen LogP contribution >= 0.6 is 0 Å². The number of ether oxygens (including phenoxy) is 1. The van der Waals surface area contributed by atoms with E-state index in [0.29, 0.717) is 11.4 Å². The van der Waals surface area contributed by atoms with Gasteiger partial charge in [0.1, 0.15) is 5.75 Å². The Morgan fingerprint density at radius 3 is 2.61 bits per heavy atom. The minimum atomic E-state index is -3.48. The molecule has 0 fully saturated rings. The maximum Gasteiger partial charge on any atom is 0.265 e. The number of sulfonamides is 1. The summed E-state index contributed by atoms with van der Waals surface area (Å²) in [6, 6.07) is 13.0. The number of amides is 1. The number of fused-ring (bicyclic) bond motifs is 1. The number of nitrogens with zero attached hydrogens (tertiary/aromatic N) is 1. The lowest BCUT2D eigenvalue weighted by Crippen LogP contribution is -2.36. The van der Waals surface area contributed by atoms with E-state index < -0.39 is 16.1 Å². The van der Waals surface area contributed by atoms with E-state index >= 15 is 0 Å². The van der Waals surface area contributed by atoms with Crippen molar-refractivity contribution in [1.82, 2.24) is 0 Å². The number of carbonyl (C=O) groups excluding carboxylic acids is 1. The van der Waals surface area contributed by atoms with Crippen LogP contribution in [0.25, 0.3) is 0 Å². The van der Waals surface area contributed by atoms with Gasteiger partial charge < -0.3 is 10.1 Å². The molecule has 1 aliphatic rings. The van der Waals surface area contributed by atoms with Crippen LogP contribution in [0.5, 0.6) is 5.75 Å². The lowest BCUT2D eigenvalue weighted by molar-refractivity contribution is -0.122. The highest BCUT2D eigenvalue weighted by Crippen LogP contribution is 2.35. The first kappa shape index (κ1) is 20.2. The minimum Gasteiger partial charge on any atom is -0.478 e. The highest BCUT2D eigenvalue weighted by atomic mass is 32.2. The molecule has 2 aromatic rings. The topological polar surface area (TPSA) is 75.7 Å². The van der Waals surface area contributed by atoms with Crippen molar-refractivity contribution in [3.63, 3.8) is 0 Å². The van der Waals surface area contributed by atoms with Crippen LogP contribution in [-0.2, 0) is 14.8 Å². The van der Waals surface area contributed by atoms with Gasteiger partial charge in [-0.1, -0.05) is 38.1 Å².